The largest absolute Gasteiger partial charge is 0.364 e. The molecule has 5 nitrogen and oxygen atoms in total. The molecule has 0 fully saturated rings. The normalized spacial score (nSPS) is 12.9. The number of nitrogens with zero attached hydrogens (tertiary/aromatic N) is 2. The zero-order valence-corrected chi connectivity index (χ0v) is 13.5. The number of nitrogens with one attached hydrogen (secondary N) is 2. The summed E-state index contributed by atoms with van der Waals surface area (Å²) in [7, 11) is 0. The summed E-state index contributed by atoms with van der Waals surface area (Å²) in [6, 6.07) is 7.78. The summed E-state index contributed by atoms with van der Waals surface area (Å²) in [6.45, 7) is 1.92. The number of carbonyl (C=O) groups excluding carboxylic acids is 1. The number of H-pyrrole nitrogens is 1. The van der Waals surface area contributed by atoms with Gasteiger partial charge < -0.3 is 10.3 Å². The first-order valence-electron chi connectivity index (χ1n) is 8.11. The lowest BCUT2D eigenvalue weighted by Gasteiger charge is -2.09. The van der Waals surface area contributed by atoms with Crippen molar-refractivity contribution in [2.75, 3.05) is 5.32 Å². The Labute approximate surface area is 140 Å². The summed E-state index contributed by atoms with van der Waals surface area (Å²) in [5.41, 5.74) is 6.37. The van der Waals surface area contributed by atoms with Crippen LogP contribution in [0.15, 0.2) is 42.9 Å². The number of pyridine rings is 2. The predicted octanol–water partition coefficient (Wildman–Crippen LogP) is 3.52. The van der Waals surface area contributed by atoms with E-state index in [4.69, 9.17) is 0 Å². The van der Waals surface area contributed by atoms with Gasteiger partial charge in [0.15, 0.2) is 0 Å². The number of carbonyl (C=O) groups is 1. The molecular formula is C19H18N4O. The van der Waals surface area contributed by atoms with E-state index in [2.05, 4.69) is 26.3 Å². The number of hydrogen-bond donors (Lipinski definition) is 2. The van der Waals surface area contributed by atoms with E-state index in [1.54, 1.807) is 18.6 Å². The average molecular weight is 318 g/mol. The lowest BCUT2D eigenvalue weighted by molar-refractivity contribution is 0.102. The first-order chi connectivity index (χ1) is 11.7. The highest BCUT2D eigenvalue weighted by Crippen LogP contribution is 2.33. The Kier molecular flexibility index (Phi) is 3.61. The Balaban J connectivity index is 1.73. The fraction of sp³-hybridized carbons (Fsp3) is 0.211. The molecule has 0 atom stereocenters. The Morgan fingerprint density at radius 3 is 2.96 bits per heavy atom. The van der Waals surface area contributed by atoms with Gasteiger partial charge in [0.1, 0.15) is 0 Å². The zero-order chi connectivity index (χ0) is 16.5. The van der Waals surface area contributed by atoms with Gasteiger partial charge in [-0.05, 0) is 49.9 Å². The Hall–Kier alpha value is -2.95. The third kappa shape index (κ3) is 2.58. The van der Waals surface area contributed by atoms with E-state index in [9.17, 15) is 4.79 Å². The standard InChI is InChI=1S/C19H18N4O/c1-12-7-8-14(10-21-12)23-19(24)15-11-22-16-6-2-4-13-5-3-9-20-18(13)17(15)16/h3,5,7-11,22H,2,4,6H2,1H3,(H,23,24). The molecule has 3 aromatic heterocycles. The molecule has 1 aliphatic rings. The molecule has 4 rings (SSSR count). The van der Waals surface area contributed by atoms with E-state index in [0.29, 0.717) is 11.3 Å². The van der Waals surface area contributed by atoms with Gasteiger partial charge in [0.05, 0.1) is 23.1 Å². The smallest absolute Gasteiger partial charge is 0.257 e. The van der Waals surface area contributed by atoms with E-state index in [-0.39, 0.29) is 5.91 Å². The van der Waals surface area contributed by atoms with E-state index in [1.807, 2.05) is 25.1 Å². The Morgan fingerprint density at radius 2 is 2.12 bits per heavy atom. The lowest BCUT2D eigenvalue weighted by atomic mass is 10.0. The zero-order valence-electron chi connectivity index (χ0n) is 13.5. The molecule has 3 heterocycles. The first-order valence-corrected chi connectivity index (χ1v) is 8.11. The maximum Gasteiger partial charge on any atom is 0.257 e. The van der Waals surface area contributed by atoms with Gasteiger partial charge in [0.2, 0.25) is 0 Å². The summed E-state index contributed by atoms with van der Waals surface area (Å²) in [4.78, 5) is 24.8. The number of amides is 1. The number of aromatic amines is 1. The molecule has 5 heteroatoms. The minimum atomic E-state index is -0.142. The third-order valence-corrected chi connectivity index (χ3v) is 4.38. The van der Waals surface area contributed by atoms with Crippen molar-refractivity contribution in [2.45, 2.75) is 26.2 Å². The maximum absolute atomic E-state index is 12.8. The second-order valence-corrected chi connectivity index (χ2v) is 6.06. The van der Waals surface area contributed by atoms with E-state index in [1.165, 1.54) is 5.56 Å². The minimum absolute atomic E-state index is 0.142. The van der Waals surface area contributed by atoms with Crippen LogP contribution in [0.25, 0.3) is 11.3 Å². The molecule has 0 bridgehead atoms. The highest BCUT2D eigenvalue weighted by Gasteiger charge is 2.23. The van der Waals surface area contributed by atoms with Crippen LogP contribution in [0, 0.1) is 6.92 Å². The van der Waals surface area contributed by atoms with E-state index >= 15 is 0 Å². The molecule has 0 saturated carbocycles. The predicted molar refractivity (Wildman–Crippen MR) is 93.0 cm³/mol. The van der Waals surface area contributed by atoms with E-state index in [0.717, 1.165) is 41.9 Å². The van der Waals surface area contributed by atoms with Crippen molar-refractivity contribution in [3.63, 3.8) is 0 Å². The average Bonchev–Trinajstić information content (AvgIpc) is 2.93. The third-order valence-electron chi connectivity index (χ3n) is 4.38. The number of rotatable bonds is 2. The second kappa shape index (κ2) is 5.92. The van der Waals surface area contributed by atoms with Crippen LogP contribution in [0.4, 0.5) is 5.69 Å². The van der Waals surface area contributed by atoms with Gasteiger partial charge >= 0.3 is 0 Å². The molecule has 0 aromatic carbocycles. The minimum Gasteiger partial charge on any atom is -0.364 e. The van der Waals surface area contributed by atoms with Crippen LogP contribution in [-0.4, -0.2) is 20.9 Å². The topological polar surface area (TPSA) is 70.7 Å². The van der Waals surface area contributed by atoms with Gasteiger partial charge in [-0.25, -0.2) is 0 Å². The molecule has 1 amide bonds. The molecule has 3 aromatic rings. The number of hydrogen-bond acceptors (Lipinski definition) is 3. The summed E-state index contributed by atoms with van der Waals surface area (Å²) < 4.78 is 0. The summed E-state index contributed by atoms with van der Waals surface area (Å²) in [5, 5.41) is 2.92. The van der Waals surface area contributed by atoms with Crippen molar-refractivity contribution in [2.24, 2.45) is 0 Å². The summed E-state index contributed by atoms with van der Waals surface area (Å²) in [6.07, 6.45) is 8.19. The summed E-state index contributed by atoms with van der Waals surface area (Å²) >= 11 is 0. The quantitative estimate of drug-likeness (QED) is 0.759. The van der Waals surface area contributed by atoms with Crippen LogP contribution < -0.4 is 5.32 Å². The highest BCUT2D eigenvalue weighted by molar-refractivity contribution is 6.09. The van der Waals surface area contributed by atoms with Crippen molar-refractivity contribution in [3.8, 4) is 11.3 Å². The second-order valence-electron chi connectivity index (χ2n) is 6.06. The van der Waals surface area contributed by atoms with Gasteiger partial charge in [-0.2, -0.15) is 0 Å². The first kappa shape index (κ1) is 14.6. The molecule has 0 radical (unpaired) electrons. The SMILES string of the molecule is Cc1ccc(NC(=O)c2c[nH]c3c2-c2ncccc2CCC3)cn1. The van der Waals surface area contributed by atoms with E-state index < -0.39 is 0 Å². The fourth-order valence-electron chi connectivity index (χ4n) is 3.17. The van der Waals surface area contributed by atoms with Gasteiger partial charge in [0, 0.05) is 29.3 Å². The number of anilines is 1. The molecule has 0 spiro atoms. The molecule has 0 aliphatic heterocycles. The lowest BCUT2D eigenvalue weighted by Crippen LogP contribution is -2.13. The molecule has 24 heavy (non-hydrogen) atoms. The van der Waals surface area contributed by atoms with Crippen LogP contribution in [0.3, 0.4) is 0 Å². The van der Waals surface area contributed by atoms with Crippen molar-refractivity contribution in [1.82, 2.24) is 15.0 Å². The van der Waals surface area contributed by atoms with Gasteiger partial charge in [-0.3, -0.25) is 14.8 Å². The molecular weight excluding hydrogens is 300 g/mol. The molecule has 0 saturated heterocycles. The van der Waals surface area contributed by atoms with Gasteiger partial charge in [0.25, 0.3) is 5.91 Å². The summed E-state index contributed by atoms with van der Waals surface area (Å²) in [5.74, 6) is -0.142. The van der Waals surface area contributed by atoms with Crippen LogP contribution in [0.1, 0.15) is 33.7 Å². The van der Waals surface area contributed by atoms with Crippen molar-refractivity contribution >= 4 is 11.6 Å². The molecule has 0 unspecified atom stereocenters. The van der Waals surface area contributed by atoms with Crippen LogP contribution >= 0.6 is 0 Å². The van der Waals surface area contributed by atoms with Crippen molar-refractivity contribution in [1.29, 1.82) is 0 Å². The molecule has 1 aliphatic carbocycles. The number of aryl methyl sites for hydroxylation is 3. The fourth-order valence-corrected chi connectivity index (χ4v) is 3.17. The Morgan fingerprint density at radius 1 is 1.21 bits per heavy atom. The monoisotopic (exact) mass is 318 g/mol. The van der Waals surface area contributed by atoms with Crippen molar-refractivity contribution < 1.29 is 4.79 Å². The van der Waals surface area contributed by atoms with Crippen LogP contribution in [0.2, 0.25) is 0 Å². The molecule has 120 valence electrons. The van der Waals surface area contributed by atoms with Gasteiger partial charge in [-0.1, -0.05) is 6.07 Å². The highest BCUT2D eigenvalue weighted by atomic mass is 16.1. The number of fused-ring (bicyclic) bond motifs is 3. The van der Waals surface area contributed by atoms with Gasteiger partial charge in [-0.15, -0.1) is 0 Å². The number of aromatic nitrogens is 3. The Bertz CT molecular complexity index is 896. The maximum atomic E-state index is 12.8. The van der Waals surface area contributed by atoms with Crippen LogP contribution in [-0.2, 0) is 12.8 Å². The van der Waals surface area contributed by atoms with Crippen LogP contribution in [0.5, 0.6) is 0 Å². The van der Waals surface area contributed by atoms with Crippen molar-refractivity contribution in [3.05, 3.63) is 65.4 Å². The molecule has 2 N–H and O–H groups in total.